The van der Waals surface area contributed by atoms with Crippen LogP contribution in [0, 0.1) is 0 Å². The molecule has 1 amide bonds. The Bertz CT molecular complexity index is 671. The number of carbonyl (C=O) groups excluding carboxylic acids is 1. The zero-order valence-corrected chi connectivity index (χ0v) is 16.5. The Kier molecular flexibility index (Phi) is 8.35. The van der Waals surface area contributed by atoms with Crippen LogP contribution in [0.25, 0.3) is 0 Å². The van der Waals surface area contributed by atoms with Crippen LogP contribution >= 0.6 is 11.8 Å². The number of amides is 1. The van der Waals surface area contributed by atoms with Crippen molar-refractivity contribution in [1.82, 2.24) is 5.32 Å². The van der Waals surface area contributed by atoms with Crippen LogP contribution in [0.4, 0.5) is 0 Å². The van der Waals surface area contributed by atoms with Gasteiger partial charge in [-0.3, -0.25) is 4.79 Å². The number of hydrogen-bond acceptors (Lipinski definition) is 4. The summed E-state index contributed by atoms with van der Waals surface area (Å²) in [5.41, 5.74) is 2.43. The summed E-state index contributed by atoms with van der Waals surface area (Å²) >= 11 is 1.57. The molecule has 0 heterocycles. The molecule has 0 saturated carbocycles. The Hall–Kier alpha value is -2.14. The van der Waals surface area contributed by atoms with E-state index >= 15 is 0 Å². The summed E-state index contributed by atoms with van der Waals surface area (Å²) in [4.78, 5) is 12.1. The number of benzene rings is 2. The Balaban J connectivity index is 1.63. The van der Waals surface area contributed by atoms with Gasteiger partial charge in [0.25, 0.3) is 0 Å². The van der Waals surface area contributed by atoms with Gasteiger partial charge in [0.05, 0.1) is 25.5 Å². The highest BCUT2D eigenvalue weighted by molar-refractivity contribution is 7.99. The number of ether oxygens (including phenoxy) is 2. The van der Waals surface area contributed by atoms with Gasteiger partial charge in [-0.1, -0.05) is 31.2 Å². The van der Waals surface area contributed by atoms with Crippen LogP contribution in [-0.2, 0) is 11.2 Å². The number of hydrogen-bond donors (Lipinski definition) is 1. The molecular formula is C21H27NO3S. The Morgan fingerprint density at radius 1 is 1.08 bits per heavy atom. The molecule has 5 heteroatoms. The van der Waals surface area contributed by atoms with E-state index in [0.29, 0.717) is 12.4 Å². The summed E-state index contributed by atoms with van der Waals surface area (Å²) in [5, 5.41) is 3.04. The van der Waals surface area contributed by atoms with Crippen molar-refractivity contribution in [2.24, 2.45) is 0 Å². The summed E-state index contributed by atoms with van der Waals surface area (Å²) in [5.74, 6) is 2.86. The van der Waals surface area contributed by atoms with E-state index in [-0.39, 0.29) is 11.9 Å². The van der Waals surface area contributed by atoms with Gasteiger partial charge >= 0.3 is 0 Å². The first kappa shape index (κ1) is 20.2. The first-order chi connectivity index (χ1) is 12.6. The van der Waals surface area contributed by atoms with Crippen LogP contribution in [0.5, 0.6) is 11.5 Å². The monoisotopic (exact) mass is 373 g/mol. The van der Waals surface area contributed by atoms with Crippen molar-refractivity contribution in [2.45, 2.75) is 26.3 Å². The first-order valence-electron chi connectivity index (χ1n) is 8.85. The minimum absolute atomic E-state index is 0.0181. The van der Waals surface area contributed by atoms with E-state index in [0.717, 1.165) is 29.2 Å². The van der Waals surface area contributed by atoms with Gasteiger partial charge in [0, 0.05) is 5.75 Å². The Labute approximate surface area is 160 Å². The molecule has 0 bridgehead atoms. The minimum atomic E-state index is 0.0181. The second kappa shape index (κ2) is 10.8. The molecular weight excluding hydrogens is 346 g/mol. The number of nitrogens with one attached hydrogen (secondary N) is 1. The third-order valence-corrected chi connectivity index (χ3v) is 4.98. The van der Waals surface area contributed by atoms with Crippen molar-refractivity contribution in [2.75, 3.05) is 25.2 Å². The van der Waals surface area contributed by atoms with Gasteiger partial charge in [-0.15, -0.1) is 11.8 Å². The highest BCUT2D eigenvalue weighted by Gasteiger charge is 2.09. The fourth-order valence-electron chi connectivity index (χ4n) is 2.46. The lowest BCUT2D eigenvalue weighted by Crippen LogP contribution is -2.28. The maximum Gasteiger partial charge on any atom is 0.230 e. The molecule has 0 spiro atoms. The Morgan fingerprint density at radius 3 is 2.35 bits per heavy atom. The van der Waals surface area contributed by atoms with Crippen molar-refractivity contribution in [1.29, 1.82) is 0 Å². The molecule has 4 nitrogen and oxygen atoms in total. The molecule has 26 heavy (non-hydrogen) atoms. The predicted molar refractivity (Wildman–Crippen MR) is 108 cm³/mol. The smallest absolute Gasteiger partial charge is 0.230 e. The van der Waals surface area contributed by atoms with E-state index in [4.69, 9.17) is 9.47 Å². The molecule has 0 aliphatic heterocycles. The van der Waals surface area contributed by atoms with Gasteiger partial charge in [-0.2, -0.15) is 0 Å². The molecule has 1 unspecified atom stereocenters. The third kappa shape index (κ3) is 6.64. The van der Waals surface area contributed by atoms with E-state index in [9.17, 15) is 4.79 Å². The molecule has 2 rings (SSSR count). The molecule has 140 valence electrons. The van der Waals surface area contributed by atoms with Crippen molar-refractivity contribution in [3.05, 3.63) is 59.7 Å². The Morgan fingerprint density at radius 2 is 1.73 bits per heavy atom. The summed E-state index contributed by atoms with van der Waals surface area (Å²) in [6.07, 6.45) is 1.02. The molecule has 1 atom stereocenters. The lowest BCUT2D eigenvalue weighted by molar-refractivity contribution is -0.119. The summed E-state index contributed by atoms with van der Waals surface area (Å²) < 4.78 is 10.8. The summed E-state index contributed by atoms with van der Waals surface area (Å²) in [6.45, 7) is 4.71. The molecule has 0 aliphatic rings. The van der Waals surface area contributed by atoms with E-state index in [1.54, 1.807) is 18.9 Å². The summed E-state index contributed by atoms with van der Waals surface area (Å²) in [7, 11) is 1.64. The van der Waals surface area contributed by atoms with E-state index in [2.05, 4.69) is 36.5 Å². The average molecular weight is 374 g/mol. The number of aryl methyl sites for hydroxylation is 1. The van der Waals surface area contributed by atoms with Crippen LogP contribution in [-0.4, -0.2) is 31.1 Å². The van der Waals surface area contributed by atoms with Crippen LogP contribution in [0.1, 0.15) is 31.0 Å². The molecule has 0 fully saturated rings. The molecule has 0 aromatic heterocycles. The molecule has 2 aromatic rings. The first-order valence-corrected chi connectivity index (χ1v) is 10.0. The zero-order valence-electron chi connectivity index (χ0n) is 15.7. The number of rotatable bonds is 10. The van der Waals surface area contributed by atoms with Crippen LogP contribution in [0.2, 0.25) is 0 Å². The quantitative estimate of drug-likeness (QED) is 0.633. The lowest BCUT2D eigenvalue weighted by atomic mass is 10.1. The van der Waals surface area contributed by atoms with Crippen molar-refractivity contribution < 1.29 is 14.3 Å². The van der Waals surface area contributed by atoms with Gasteiger partial charge in [-0.05, 0) is 48.7 Å². The fourth-order valence-corrected chi connectivity index (χ4v) is 3.08. The van der Waals surface area contributed by atoms with Crippen molar-refractivity contribution in [3.63, 3.8) is 0 Å². The number of thioether (sulfide) groups is 1. The normalized spacial score (nSPS) is 11.7. The predicted octanol–water partition coefficient (Wildman–Crippen LogP) is 4.25. The highest BCUT2D eigenvalue weighted by Crippen LogP contribution is 2.17. The second-order valence-electron chi connectivity index (χ2n) is 5.96. The second-order valence-corrected chi connectivity index (χ2v) is 7.07. The highest BCUT2D eigenvalue weighted by atomic mass is 32.2. The van der Waals surface area contributed by atoms with E-state index in [1.807, 2.05) is 31.2 Å². The number of carbonyl (C=O) groups is 1. The minimum Gasteiger partial charge on any atom is -0.497 e. The SMILES string of the molecule is CCc1ccc(C(C)NC(=O)CSCCOc2ccc(OC)cc2)cc1. The number of methoxy groups -OCH3 is 1. The maximum absolute atomic E-state index is 12.1. The zero-order chi connectivity index (χ0) is 18.8. The van der Waals surface area contributed by atoms with Gasteiger partial charge in [-0.25, -0.2) is 0 Å². The molecule has 0 radical (unpaired) electrons. The molecule has 0 aliphatic carbocycles. The topological polar surface area (TPSA) is 47.6 Å². The standard InChI is InChI=1S/C21H27NO3S/c1-4-17-5-7-18(8-6-17)16(2)22-21(23)15-26-14-13-25-20-11-9-19(24-3)10-12-20/h5-12,16H,4,13-15H2,1-3H3,(H,22,23). The largest absolute Gasteiger partial charge is 0.497 e. The molecule has 0 saturated heterocycles. The molecule has 1 N–H and O–H groups in total. The maximum atomic E-state index is 12.1. The van der Waals surface area contributed by atoms with E-state index < -0.39 is 0 Å². The van der Waals surface area contributed by atoms with Crippen LogP contribution in [0.15, 0.2) is 48.5 Å². The summed E-state index contributed by atoms with van der Waals surface area (Å²) in [6, 6.07) is 15.9. The van der Waals surface area contributed by atoms with Crippen LogP contribution < -0.4 is 14.8 Å². The van der Waals surface area contributed by atoms with E-state index in [1.165, 1.54) is 5.56 Å². The van der Waals surface area contributed by atoms with Crippen LogP contribution in [0.3, 0.4) is 0 Å². The van der Waals surface area contributed by atoms with Gasteiger partial charge < -0.3 is 14.8 Å². The molecule has 2 aromatic carbocycles. The van der Waals surface area contributed by atoms with Gasteiger partial charge in [0.1, 0.15) is 11.5 Å². The van der Waals surface area contributed by atoms with Gasteiger partial charge in [0.2, 0.25) is 5.91 Å². The van der Waals surface area contributed by atoms with Gasteiger partial charge in [0.15, 0.2) is 0 Å². The van der Waals surface area contributed by atoms with Crippen molar-refractivity contribution in [3.8, 4) is 11.5 Å². The van der Waals surface area contributed by atoms with Crippen molar-refractivity contribution >= 4 is 17.7 Å². The third-order valence-electron chi connectivity index (χ3n) is 4.05. The average Bonchev–Trinajstić information content (AvgIpc) is 2.68. The fraction of sp³-hybridized carbons (Fsp3) is 0.381. The lowest BCUT2D eigenvalue weighted by Gasteiger charge is -2.14.